The van der Waals surface area contributed by atoms with Gasteiger partial charge in [-0.2, -0.15) is 11.8 Å². The lowest BCUT2D eigenvalue weighted by Crippen LogP contribution is -2.46. The van der Waals surface area contributed by atoms with Crippen molar-refractivity contribution in [2.45, 2.75) is 32.4 Å². The Morgan fingerprint density at radius 1 is 1.55 bits per heavy atom. The maximum atomic E-state index is 11.7. The molecule has 1 heterocycles. The fraction of sp³-hybridized carbons (Fsp3) is 0.583. The molecule has 0 aromatic carbocycles. The number of thiazole rings is 1. The van der Waals surface area contributed by atoms with Gasteiger partial charge in [-0.05, 0) is 24.9 Å². The van der Waals surface area contributed by atoms with Crippen LogP contribution in [0.1, 0.15) is 23.2 Å². The van der Waals surface area contributed by atoms with Crippen molar-refractivity contribution in [2.75, 3.05) is 12.0 Å². The summed E-state index contributed by atoms with van der Waals surface area (Å²) in [5, 5.41) is 14.9. The Morgan fingerprint density at radius 3 is 2.85 bits per heavy atom. The Morgan fingerprint density at radius 2 is 2.30 bits per heavy atom. The lowest BCUT2D eigenvalue weighted by Gasteiger charge is -2.14. The SMILES string of the molecule is CCc1cnc(CNC(=O)N[C@H](CCSC)C(=O)O)s1. The average Bonchev–Trinajstić information content (AvgIpc) is 2.88. The van der Waals surface area contributed by atoms with Crippen LogP contribution in [0.4, 0.5) is 4.79 Å². The highest BCUT2D eigenvalue weighted by Crippen LogP contribution is 2.12. The number of aliphatic carboxylic acids is 1. The van der Waals surface area contributed by atoms with Gasteiger partial charge in [0.05, 0.1) is 6.54 Å². The van der Waals surface area contributed by atoms with Gasteiger partial charge >= 0.3 is 12.0 Å². The highest BCUT2D eigenvalue weighted by Gasteiger charge is 2.19. The van der Waals surface area contributed by atoms with Crippen molar-refractivity contribution in [3.8, 4) is 0 Å². The third kappa shape index (κ3) is 5.79. The molecule has 0 bridgehead atoms. The second-order valence-electron chi connectivity index (χ2n) is 4.07. The number of carbonyl (C=O) groups is 2. The molecule has 8 heteroatoms. The van der Waals surface area contributed by atoms with E-state index < -0.39 is 18.0 Å². The van der Waals surface area contributed by atoms with Crippen LogP contribution in [-0.2, 0) is 17.8 Å². The number of carbonyl (C=O) groups excluding carboxylic acids is 1. The van der Waals surface area contributed by atoms with Crippen LogP contribution in [0.15, 0.2) is 6.20 Å². The van der Waals surface area contributed by atoms with Crippen molar-refractivity contribution >= 4 is 35.1 Å². The van der Waals surface area contributed by atoms with Crippen molar-refractivity contribution in [3.05, 3.63) is 16.1 Å². The van der Waals surface area contributed by atoms with E-state index in [0.29, 0.717) is 18.7 Å². The molecule has 0 radical (unpaired) electrons. The quantitative estimate of drug-likeness (QED) is 0.679. The molecule has 0 saturated heterocycles. The molecule has 0 spiro atoms. The van der Waals surface area contributed by atoms with Crippen molar-refractivity contribution in [1.29, 1.82) is 0 Å². The molecule has 0 aliphatic carbocycles. The molecule has 0 aliphatic rings. The largest absolute Gasteiger partial charge is 0.480 e. The molecule has 112 valence electrons. The van der Waals surface area contributed by atoms with Gasteiger partial charge in [0.25, 0.3) is 0 Å². The number of aryl methyl sites for hydroxylation is 1. The van der Waals surface area contributed by atoms with E-state index in [9.17, 15) is 9.59 Å². The molecule has 0 fully saturated rings. The lowest BCUT2D eigenvalue weighted by molar-refractivity contribution is -0.139. The molecule has 0 unspecified atom stereocenters. The van der Waals surface area contributed by atoms with Crippen LogP contribution >= 0.6 is 23.1 Å². The van der Waals surface area contributed by atoms with E-state index in [2.05, 4.69) is 15.6 Å². The Bertz CT molecular complexity index is 451. The molecule has 1 aromatic rings. The fourth-order valence-electron chi connectivity index (χ4n) is 1.45. The van der Waals surface area contributed by atoms with Crippen LogP contribution in [0.5, 0.6) is 0 Å². The number of urea groups is 1. The summed E-state index contributed by atoms with van der Waals surface area (Å²) in [4.78, 5) is 28.0. The molecule has 20 heavy (non-hydrogen) atoms. The van der Waals surface area contributed by atoms with Crippen LogP contribution < -0.4 is 10.6 Å². The Hall–Kier alpha value is -1.28. The number of rotatable bonds is 8. The Labute approximate surface area is 126 Å². The molecule has 2 amide bonds. The Kier molecular flexibility index (Phi) is 7.38. The second-order valence-corrected chi connectivity index (χ2v) is 6.26. The second kappa shape index (κ2) is 8.80. The van der Waals surface area contributed by atoms with Gasteiger partial charge in [-0.25, -0.2) is 14.6 Å². The third-order valence-corrected chi connectivity index (χ3v) is 4.35. The van der Waals surface area contributed by atoms with E-state index in [-0.39, 0.29) is 0 Å². The van der Waals surface area contributed by atoms with Crippen molar-refractivity contribution in [2.24, 2.45) is 0 Å². The van der Waals surface area contributed by atoms with E-state index in [0.717, 1.165) is 16.3 Å². The highest BCUT2D eigenvalue weighted by molar-refractivity contribution is 7.98. The summed E-state index contributed by atoms with van der Waals surface area (Å²) in [5.41, 5.74) is 0. The molecular weight excluding hydrogens is 298 g/mol. The maximum Gasteiger partial charge on any atom is 0.326 e. The van der Waals surface area contributed by atoms with E-state index >= 15 is 0 Å². The van der Waals surface area contributed by atoms with Gasteiger partial charge in [-0.3, -0.25) is 0 Å². The number of carboxylic acids is 1. The normalized spacial score (nSPS) is 11.9. The van der Waals surface area contributed by atoms with E-state index in [4.69, 9.17) is 5.11 Å². The highest BCUT2D eigenvalue weighted by atomic mass is 32.2. The van der Waals surface area contributed by atoms with Gasteiger partial charge in [0.15, 0.2) is 0 Å². The zero-order chi connectivity index (χ0) is 15.0. The zero-order valence-corrected chi connectivity index (χ0v) is 13.1. The molecular formula is C12H19N3O3S2. The summed E-state index contributed by atoms with van der Waals surface area (Å²) < 4.78 is 0. The molecule has 1 rings (SSSR count). The minimum Gasteiger partial charge on any atom is -0.480 e. The summed E-state index contributed by atoms with van der Waals surface area (Å²) >= 11 is 3.09. The predicted octanol–water partition coefficient (Wildman–Crippen LogP) is 1.71. The van der Waals surface area contributed by atoms with E-state index in [1.165, 1.54) is 0 Å². The number of amides is 2. The first-order valence-electron chi connectivity index (χ1n) is 6.26. The molecule has 0 saturated carbocycles. The van der Waals surface area contributed by atoms with Gasteiger partial charge < -0.3 is 15.7 Å². The smallest absolute Gasteiger partial charge is 0.326 e. The van der Waals surface area contributed by atoms with Crippen molar-refractivity contribution < 1.29 is 14.7 Å². The number of nitrogens with one attached hydrogen (secondary N) is 2. The maximum absolute atomic E-state index is 11.7. The Balaban J connectivity index is 2.39. The standard InChI is InChI=1S/C12H19N3O3S2/c1-3-8-6-13-10(20-8)7-14-12(18)15-9(11(16)17)4-5-19-2/h6,9H,3-5,7H2,1-2H3,(H,16,17)(H2,14,15,18)/t9-/m1/s1. The fourth-order valence-corrected chi connectivity index (χ4v) is 2.73. The van der Waals surface area contributed by atoms with Gasteiger partial charge in [-0.1, -0.05) is 6.92 Å². The zero-order valence-electron chi connectivity index (χ0n) is 11.5. The molecule has 6 nitrogen and oxygen atoms in total. The first-order valence-corrected chi connectivity index (χ1v) is 8.47. The number of carboxylic acid groups (broad SMARTS) is 1. The summed E-state index contributed by atoms with van der Waals surface area (Å²) in [6.07, 6.45) is 5.01. The van der Waals surface area contributed by atoms with Gasteiger partial charge in [0.1, 0.15) is 11.0 Å². The van der Waals surface area contributed by atoms with Crippen molar-refractivity contribution in [1.82, 2.24) is 15.6 Å². The molecule has 1 atom stereocenters. The van der Waals surface area contributed by atoms with E-state index in [1.54, 1.807) is 29.3 Å². The van der Waals surface area contributed by atoms with Gasteiger partial charge in [-0.15, -0.1) is 11.3 Å². The van der Waals surface area contributed by atoms with Crippen molar-refractivity contribution in [3.63, 3.8) is 0 Å². The number of hydrogen-bond donors (Lipinski definition) is 3. The summed E-state index contributed by atoms with van der Waals surface area (Å²) in [6.45, 7) is 2.35. The number of nitrogens with zero attached hydrogens (tertiary/aromatic N) is 1. The topological polar surface area (TPSA) is 91.3 Å². The van der Waals surface area contributed by atoms with Crippen LogP contribution in [0.25, 0.3) is 0 Å². The predicted molar refractivity (Wildman–Crippen MR) is 81.3 cm³/mol. The number of hydrogen-bond acceptors (Lipinski definition) is 5. The third-order valence-electron chi connectivity index (χ3n) is 2.56. The summed E-state index contributed by atoms with van der Waals surface area (Å²) in [5.74, 6) is -0.333. The molecule has 1 aromatic heterocycles. The van der Waals surface area contributed by atoms with Crippen LogP contribution in [0, 0.1) is 0 Å². The minimum absolute atomic E-state index is 0.311. The number of thioether (sulfide) groups is 1. The summed E-state index contributed by atoms with van der Waals surface area (Å²) in [6, 6.07) is -1.34. The van der Waals surface area contributed by atoms with Crippen LogP contribution in [-0.4, -0.2) is 40.1 Å². The van der Waals surface area contributed by atoms with Crippen LogP contribution in [0.3, 0.4) is 0 Å². The first kappa shape index (κ1) is 16.8. The molecule has 0 aliphatic heterocycles. The minimum atomic E-state index is -1.02. The van der Waals surface area contributed by atoms with Gasteiger partial charge in [0, 0.05) is 11.1 Å². The first-order chi connectivity index (χ1) is 9.56. The molecule has 3 N–H and O–H groups in total. The van der Waals surface area contributed by atoms with Gasteiger partial charge in [0.2, 0.25) is 0 Å². The van der Waals surface area contributed by atoms with Crippen LogP contribution in [0.2, 0.25) is 0 Å². The number of aromatic nitrogens is 1. The average molecular weight is 317 g/mol. The summed E-state index contributed by atoms with van der Waals surface area (Å²) in [7, 11) is 0. The van der Waals surface area contributed by atoms with E-state index in [1.807, 2.05) is 13.2 Å². The lowest BCUT2D eigenvalue weighted by atomic mass is 10.2. The monoisotopic (exact) mass is 317 g/mol.